The zero-order valence-electron chi connectivity index (χ0n) is 8.09. The minimum absolute atomic E-state index is 0.732. The Balaban J connectivity index is 2.43. The molecule has 0 saturated heterocycles. The van der Waals surface area contributed by atoms with Crippen LogP contribution in [-0.4, -0.2) is 25.0 Å². The van der Waals surface area contributed by atoms with Crippen LogP contribution < -0.4 is 5.73 Å². The van der Waals surface area contributed by atoms with E-state index in [1.54, 1.807) is 0 Å². The van der Waals surface area contributed by atoms with Gasteiger partial charge in [0.05, 0.1) is 11.0 Å². The molecule has 0 aliphatic heterocycles. The van der Waals surface area contributed by atoms with Crippen molar-refractivity contribution >= 4 is 31.9 Å². The van der Waals surface area contributed by atoms with Crippen LogP contribution in [0.3, 0.4) is 0 Å². The Labute approximate surface area is 101 Å². The van der Waals surface area contributed by atoms with Gasteiger partial charge in [0.15, 0.2) is 4.67 Å². The molecule has 0 bridgehead atoms. The predicted octanol–water partition coefficient (Wildman–Crippen LogP) is 2.59. The Morgan fingerprint density at radius 3 is 2.71 bits per heavy atom. The second-order valence-electron chi connectivity index (χ2n) is 3.21. The molecule has 14 heavy (non-hydrogen) atoms. The molecule has 0 fully saturated rings. The van der Waals surface area contributed by atoms with Gasteiger partial charge >= 0.3 is 0 Å². The highest BCUT2D eigenvalue weighted by atomic mass is 79.9. The fourth-order valence-electron chi connectivity index (χ4n) is 1.18. The van der Waals surface area contributed by atoms with Crippen LogP contribution in [-0.2, 0) is 6.54 Å². The number of hydrogen-bond donors (Lipinski definition) is 1. The topological polar surface area (TPSA) is 42.4 Å². The van der Waals surface area contributed by atoms with Crippen molar-refractivity contribution in [3.63, 3.8) is 0 Å². The lowest BCUT2D eigenvalue weighted by atomic mass is 10.3. The van der Waals surface area contributed by atoms with E-state index in [-0.39, 0.29) is 0 Å². The van der Waals surface area contributed by atoms with Crippen LogP contribution in [0.25, 0.3) is 0 Å². The minimum Gasteiger partial charge on any atom is -0.452 e. The lowest BCUT2D eigenvalue weighted by Crippen LogP contribution is -2.20. The van der Waals surface area contributed by atoms with Crippen LogP contribution in [0.15, 0.2) is 19.6 Å². The summed E-state index contributed by atoms with van der Waals surface area (Å²) in [4.78, 5) is 2.19. The number of nitrogens with zero attached hydrogens (tertiary/aromatic N) is 1. The Morgan fingerprint density at radius 1 is 1.50 bits per heavy atom. The number of furan rings is 1. The fraction of sp³-hybridized carbons (Fsp3) is 0.556. The zero-order valence-corrected chi connectivity index (χ0v) is 11.3. The van der Waals surface area contributed by atoms with E-state index < -0.39 is 0 Å². The molecule has 1 aromatic rings. The van der Waals surface area contributed by atoms with Crippen LogP contribution in [0.1, 0.15) is 12.2 Å². The van der Waals surface area contributed by atoms with Crippen molar-refractivity contribution in [3.05, 3.63) is 21.0 Å². The second kappa shape index (κ2) is 5.90. The largest absolute Gasteiger partial charge is 0.452 e. The molecule has 3 nitrogen and oxygen atoms in total. The molecule has 1 rings (SSSR count). The maximum atomic E-state index is 5.46. The second-order valence-corrected chi connectivity index (χ2v) is 4.79. The Hall–Kier alpha value is 0.160. The third kappa shape index (κ3) is 3.73. The van der Waals surface area contributed by atoms with Gasteiger partial charge in [0.1, 0.15) is 5.76 Å². The highest BCUT2D eigenvalue weighted by Gasteiger charge is 2.07. The Kier molecular flexibility index (Phi) is 5.15. The molecule has 2 N–H and O–H groups in total. The first-order chi connectivity index (χ1) is 6.63. The van der Waals surface area contributed by atoms with Crippen molar-refractivity contribution in [3.8, 4) is 0 Å². The number of hydrogen-bond acceptors (Lipinski definition) is 3. The Bertz CT molecular complexity index is 269. The summed E-state index contributed by atoms with van der Waals surface area (Å²) in [5, 5.41) is 0. The van der Waals surface area contributed by atoms with E-state index in [2.05, 4.69) is 43.8 Å². The van der Waals surface area contributed by atoms with Crippen molar-refractivity contribution < 1.29 is 4.42 Å². The summed E-state index contributed by atoms with van der Waals surface area (Å²) in [5.74, 6) is 0.947. The first-order valence-corrected chi connectivity index (χ1v) is 6.04. The van der Waals surface area contributed by atoms with Crippen LogP contribution in [0.2, 0.25) is 0 Å². The molecule has 0 aliphatic rings. The number of nitrogens with two attached hydrogens (primary N) is 1. The van der Waals surface area contributed by atoms with E-state index in [1.807, 2.05) is 6.07 Å². The van der Waals surface area contributed by atoms with Crippen LogP contribution in [0.4, 0.5) is 0 Å². The lowest BCUT2D eigenvalue weighted by Gasteiger charge is -2.13. The molecule has 1 aromatic heterocycles. The smallest absolute Gasteiger partial charge is 0.183 e. The van der Waals surface area contributed by atoms with E-state index in [1.165, 1.54) is 0 Å². The van der Waals surface area contributed by atoms with Crippen molar-refractivity contribution in [1.82, 2.24) is 4.90 Å². The van der Waals surface area contributed by atoms with Crippen molar-refractivity contribution in [2.45, 2.75) is 13.0 Å². The van der Waals surface area contributed by atoms with E-state index in [9.17, 15) is 0 Å². The maximum absolute atomic E-state index is 5.46. The van der Waals surface area contributed by atoms with Gasteiger partial charge in [-0.25, -0.2) is 0 Å². The summed E-state index contributed by atoms with van der Waals surface area (Å²) in [6.45, 7) is 2.53. The van der Waals surface area contributed by atoms with Crippen molar-refractivity contribution in [1.29, 1.82) is 0 Å². The van der Waals surface area contributed by atoms with Crippen LogP contribution >= 0.6 is 31.9 Å². The quantitative estimate of drug-likeness (QED) is 0.904. The summed E-state index contributed by atoms with van der Waals surface area (Å²) in [5.41, 5.74) is 5.43. The third-order valence-corrected chi connectivity index (χ3v) is 3.58. The number of rotatable bonds is 5. The van der Waals surface area contributed by atoms with Crippen molar-refractivity contribution in [2.24, 2.45) is 5.73 Å². The number of halogens is 2. The van der Waals surface area contributed by atoms with Gasteiger partial charge in [-0.2, -0.15) is 0 Å². The summed E-state index contributed by atoms with van der Waals surface area (Å²) < 4.78 is 7.17. The molecule has 0 saturated carbocycles. The van der Waals surface area contributed by atoms with Crippen LogP contribution in [0.5, 0.6) is 0 Å². The average Bonchev–Trinajstić information content (AvgIpc) is 2.42. The summed E-state index contributed by atoms with van der Waals surface area (Å²) >= 11 is 6.69. The molecular weight excluding hydrogens is 312 g/mol. The molecule has 80 valence electrons. The van der Waals surface area contributed by atoms with Gasteiger partial charge in [0, 0.05) is 0 Å². The standard InChI is InChI=1S/C9H14Br2N2O/c1-13(4-2-3-12)6-7-5-8(10)9(11)14-7/h5H,2-4,6,12H2,1H3. The fourth-order valence-corrected chi connectivity index (χ4v) is 1.83. The predicted molar refractivity (Wildman–Crippen MR) is 64.1 cm³/mol. The molecule has 1 heterocycles. The molecule has 0 unspecified atom stereocenters. The zero-order chi connectivity index (χ0) is 10.6. The van der Waals surface area contributed by atoms with E-state index >= 15 is 0 Å². The summed E-state index contributed by atoms with van der Waals surface area (Å²) in [6, 6.07) is 1.98. The van der Waals surface area contributed by atoms with Gasteiger partial charge in [0.2, 0.25) is 0 Å². The molecule has 0 atom stereocenters. The monoisotopic (exact) mass is 324 g/mol. The SMILES string of the molecule is CN(CCCN)Cc1cc(Br)c(Br)o1. The molecule has 0 amide bonds. The molecule has 5 heteroatoms. The lowest BCUT2D eigenvalue weighted by molar-refractivity contribution is 0.290. The highest BCUT2D eigenvalue weighted by Crippen LogP contribution is 2.27. The first-order valence-electron chi connectivity index (χ1n) is 4.46. The van der Waals surface area contributed by atoms with Gasteiger partial charge < -0.3 is 10.2 Å². The average molecular weight is 326 g/mol. The Morgan fingerprint density at radius 2 is 2.21 bits per heavy atom. The van der Waals surface area contributed by atoms with E-state index in [0.29, 0.717) is 0 Å². The van der Waals surface area contributed by atoms with E-state index in [4.69, 9.17) is 10.2 Å². The molecule has 0 spiro atoms. The first kappa shape index (κ1) is 12.2. The van der Waals surface area contributed by atoms with Crippen molar-refractivity contribution in [2.75, 3.05) is 20.1 Å². The minimum atomic E-state index is 0.732. The van der Waals surface area contributed by atoms with Crippen LogP contribution in [0, 0.1) is 0 Å². The maximum Gasteiger partial charge on any atom is 0.183 e. The highest BCUT2D eigenvalue weighted by molar-refractivity contribution is 9.13. The normalized spacial score (nSPS) is 11.2. The van der Waals surface area contributed by atoms with E-state index in [0.717, 1.165) is 41.0 Å². The van der Waals surface area contributed by atoms with Gasteiger partial charge in [-0.1, -0.05) is 0 Å². The molecule has 0 radical (unpaired) electrons. The molecule has 0 aromatic carbocycles. The van der Waals surface area contributed by atoms with Gasteiger partial charge in [0.25, 0.3) is 0 Å². The van der Waals surface area contributed by atoms with Gasteiger partial charge in [-0.3, -0.25) is 4.90 Å². The summed E-state index contributed by atoms with van der Waals surface area (Å²) in [7, 11) is 2.06. The summed E-state index contributed by atoms with van der Waals surface area (Å²) in [6.07, 6.45) is 1.01. The molecule has 0 aliphatic carbocycles. The third-order valence-electron chi connectivity index (χ3n) is 1.87. The van der Waals surface area contributed by atoms with Gasteiger partial charge in [-0.05, 0) is 64.5 Å². The molecular formula is C9H14Br2N2O. The van der Waals surface area contributed by atoms with Gasteiger partial charge in [-0.15, -0.1) is 0 Å².